The van der Waals surface area contributed by atoms with Gasteiger partial charge in [0.25, 0.3) is 0 Å². The van der Waals surface area contributed by atoms with E-state index < -0.39 is 5.81 Å². The molecule has 1 N–H and O–H groups in total. The minimum absolute atomic E-state index is 0.0138. The standard InChI is InChI=1S/C12H17IO3Si/c1-12(2,3)17(4,13)16-11(15)9-5-7-10(14)8-6-9/h5-8,14H,1-4H3. The van der Waals surface area contributed by atoms with Crippen molar-refractivity contribution in [1.29, 1.82) is 0 Å². The molecule has 0 heterocycles. The van der Waals surface area contributed by atoms with Crippen LogP contribution in [0.4, 0.5) is 0 Å². The lowest BCUT2D eigenvalue weighted by atomic mass is 10.2. The van der Waals surface area contributed by atoms with Gasteiger partial charge in [0.15, 0.2) is 0 Å². The molecular formula is C12H17IO3Si. The van der Waals surface area contributed by atoms with E-state index in [2.05, 4.69) is 42.6 Å². The van der Waals surface area contributed by atoms with Gasteiger partial charge >= 0.3 is 11.8 Å². The van der Waals surface area contributed by atoms with Gasteiger partial charge in [0.2, 0.25) is 0 Å². The summed E-state index contributed by atoms with van der Waals surface area (Å²) in [7, 11) is 0. The molecule has 0 spiro atoms. The largest absolute Gasteiger partial charge is 0.508 e. The zero-order chi connectivity index (χ0) is 13.3. The van der Waals surface area contributed by atoms with E-state index in [4.69, 9.17) is 9.53 Å². The highest BCUT2D eigenvalue weighted by Crippen LogP contribution is 2.41. The molecule has 1 rings (SSSR count). The average Bonchev–Trinajstić information content (AvgIpc) is 2.16. The number of benzene rings is 1. The molecule has 3 nitrogen and oxygen atoms in total. The Balaban J connectivity index is 2.83. The molecule has 0 aliphatic heterocycles. The van der Waals surface area contributed by atoms with E-state index in [9.17, 15) is 4.79 Å². The zero-order valence-corrected chi connectivity index (χ0v) is 13.6. The van der Waals surface area contributed by atoms with Crippen LogP contribution in [0, 0.1) is 0 Å². The summed E-state index contributed by atoms with van der Waals surface area (Å²) >= 11 is 2.28. The number of phenols is 1. The van der Waals surface area contributed by atoms with E-state index in [0.29, 0.717) is 5.56 Å². The zero-order valence-electron chi connectivity index (χ0n) is 10.5. The van der Waals surface area contributed by atoms with Crippen molar-refractivity contribution < 1.29 is 14.3 Å². The number of phenolic OH excluding ortho intramolecular Hbond substituents is 1. The Morgan fingerprint density at radius 2 is 1.76 bits per heavy atom. The Bertz CT molecular complexity index is 407. The molecule has 0 radical (unpaired) electrons. The summed E-state index contributed by atoms with van der Waals surface area (Å²) in [6.07, 6.45) is 0. The molecule has 0 saturated heterocycles. The van der Waals surface area contributed by atoms with Crippen LogP contribution in [0.1, 0.15) is 31.1 Å². The van der Waals surface area contributed by atoms with E-state index in [-0.39, 0.29) is 16.8 Å². The Morgan fingerprint density at radius 1 is 1.29 bits per heavy atom. The predicted octanol–water partition coefficient (Wildman–Crippen LogP) is 3.86. The van der Waals surface area contributed by atoms with Gasteiger partial charge in [-0.2, -0.15) is 0 Å². The topological polar surface area (TPSA) is 46.5 Å². The van der Waals surface area contributed by atoms with E-state index in [1.165, 1.54) is 12.1 Å². The first-order valence-corrected chi connectivity index (χ1v) is 10.9. The van der Waals surface area contributed by atoms with Gasteiger partial charge in [0.1, 0.15) is 5.75 Å². The summed E-state index contributed by atoms with van der Waals surface area (Å²) in [6, 6.07) is 6.11. The first-order chi connectivity index (χ1) is 7.63. The van der Waals surface area contributed by atoms with Crippen LogP contribution in [0.2, 0.25) is 11.6 Å². The van der Waals surface area contributed by atoms with Crippen molar-refractivity contribution in [2.45, 2.75) is 32.4 Å². The third kappa shape index (κ3) is 3.70. The monoisotopic (exact) mass is 364 g/mol. The summed E-state index contributed by atoms with van der Waals surface area (Å²) in [4.78, 5) is 11.9. The van der Waals surface area contributed by atoms with Crippen LogP contribution >= 0.6 is 21.8 Å². The maximum atomic E-state index is 11.9. The number of rotatable bonds is 2. The van der Waals surface area contributed by atoms with Crippen molar-refractivity contribution in [2.75, 3.05) is 0 Å². The second-order valence-electron chi connectivity index (χ2n) is 5.10. The van der Waals surface area contributed by atoms with E-state index in [1.807, 2.05) is 6.55 Å². The minimum atomic E-state index is -2.11. The summed E-state index contributed by atoms with van der Waals surface area (Å²) < 4.78 is 5.63. The summed E-state index contributed by atoms with van der Waals surface area (Å²) in [5, 5.41) is 9.14. The van der Waals surface area contributed by atoms with Crippen molar-refractivity contribution in [3.63, 3.8) is 0 Å². The highest BCUT2D eigenvalue weighted by molar-refractivity contribution is 14.1. The lowest BCUT2D eigenvalue weighted by Crippen LogP contribution is -2.39. The fraction of sp³-hybridized carbons (Fsp3) is 0.417. The van der Waals surface area contributed by atoms with E-state index in [1.54, 1.807) is 12.1 Å². The van der Waals surface area contributed by atoms with Gasteiger partial charge in [-0.1, -0.05) is 42.6 Å². The van der Waals surface area contributed by atoms with Gasteiger partial charge in [0, 0.05) is 5.04 Å². The molecule has 0 amide bonds. The number of carbonyl (C=O) groups is 1. The number of aromatic hydroxyl groups is 1. The summed E-state index contributed by atoms with van der Waals surface area (Å²) in [5.41, 5.74) is 0.474. The molecule has 1 aromatic rings. The van der Waals surface area contributed by atoms with Crippen LogP contribution in [-0.4, -0.2) is 16.9 Å². The third-order valence-electron chi connectivity index (χ3n) is 2.73. The fourth-order valence-electron chi connectivity index (χ4n) is 0.984. The molecule has 94 valence electrons. The van der Waals surface area contributed by atoms with Gasteiger partial charge in [-0.15, -0.1) is 0 Å². The van der Waals surface area contributed by atoms with Crippen molar-refractivity contribution in [2.24, 2.45) is 0 Å². The van der Waals surface area contributed by atoms with Crippen LogP contribution in [0.15, 0.2) is 24.3 Å². The SMILES string of the molecule is CC(C)(C)[Si](C)(I)OC(=O)c1ccc(O)cc1. The molecule has 17 heavy (non-hydrogen) atoms. The summed E-state index contributed by atoms with van der Waals surface area (Å²) in [6.45, 7) is 8.26. The van der Waals surface area contributed by atoms with E-state index >= 15 is 0 Å². The second kappa shape index (κ2) is 4.97. The lowest BCUT2D eigenvalue weighted by Gasteiger charge is -2.33. The maximum Gasteiger partial charge on any atom is 0.325 e. The Morgan fingerprint density at radius 3 is 2.18 bits per heavy atom. The average molecular weight is 364 g/mol. The van der Waals surface area contributed by atoms with Gasteiger partial charge in [-0.25, -0.2) is 4.79 Å². The van der Waals surface area contributed by atoms with E-state index in [0.717, 1.165) is 0 Å². The minimum Gasteiger partial charge on any atom is -0.508 e. The van der Waals surface area contributed by atoms with Gasteiger partial charge < -0.3 is 9.53 Å². The molecule has 0 aromatic heterocycles. The van der Waals surface area contributed by atoms with Crippen LogP contribution in [0.3, 0.4) is 0 Å². The van der Waals surface area contributed by atoms with Crippen molar-refractivity contribution >= 4 is 33.6 Å². The molecule has 0 saturated carbocycles. The van der Waals surface area contributed by atoms with Crippen molar-refractivity contribution in [1.82, 2.24) is 0 Å². The second-order valence-corrected chi connectivity index (χ2v) is 14.8. The number of halogens is 1. The Hall–Kier alpha value is -0.563. The maximum absolute atomic E-state index is 11.9. The van der Waals surface area contributed by atoms with Crippen molar-refractivity contribution in [3.05, 3.63) is 29.8 Å². The molecule has 0 fully saturated rings. The van der Waals surface area contributed by atoms with Crippen LogP contribution in [0.5, 0.6) is 5.75 Å². The highest BCUT2D eigenvalue weighted by Gasteiger charge is 2.43. The first-order valence-electron chi connectivity index (χ1n) is 5.35. The smallest absolute Gasteiger partial charge is 0.325 e. The van der Waals surface area contributed by atoms with Gasteiger partial charge in [0.05, 0.1) is 5.56 Å². The fourth-order valence-corrected chi connectivity index (χ4v) is 2.36. The molecular weight excluding hydrogens is 347 g/mol. The molecule has 1 atom stereocenters. The normalized spacial score (nSPS) is 15.1. The third-order valence-corrected chi connectivity index (χ3v) is 11.5. The molecule has 1 aromatic carbocycles. The van der Waals surface area contributed by atoms with Crippen molar-refractivity contribution in [3.8, 4) is 5.75 Å². The molecule has 5 heteroatoms. The number of hydrogen-bond acceptors (Lipinski definition) is 3. The molecule has 1 unspecified atom stereocenters. The lowest BCUT2D eigenvalue weighted by molar-refractivity contribution is 0.0723. The number of hydrogen-bond donors (Lipinski definition) is 1. The van der Waals surface area contributed by atoms with Gasteiger partial charge in [-0.3, -0.25) is 0 Å². The highest BCUT2D eigenvalue weighted by atomic mass is 127. The van der Waals surface area contributed by atoms with Crippen LogP contribution in [0.25, 0.3) is 0 Å². The first kappa shape index (κ1) is 14.5. The number of carbonyl (C=O) groups excluding carboxylic acids is 1. The molecule has 0 aliphatic carbocycles. The van der Waals surface area contributed by atoms with Gasteiger partial charge in [-0.05, 0) is 30.8 Å². The predicted molar refractivity (Wildman–Crippen MR) is 78.9 cm³/mol. The van der Waals surface area contributed by atoms with Crippen LogP contribution < -0.4 is 0 Å². The summed E-state index contributed by atoms with van der Waals surface area (Å²) in [5.74, 6) is -2.28. The Kier molecular flexibility index (Phi) is 4.24. The molecule has 0 aliphatic rings. The van der Waals surface area contributed by atoms with Crippen LogP contribution in [-0.2, 0) is 4.43 Å². The molecule has 0 bridgehead atoms. The quantitative estimate of drug-likeness (QED) is 0.493. The Labute approximate surface area is 116 Å².